The molecule has 0 bridgehead atoms. The molecule has 0 spiro atoms. The molecule has 0 saturated carbocycles. The van der Waals surface area contributed by atoms with E-state index in [4.69, 9.17) is 4.74 Å². The molecule has 2 saturated heterocycles. The van der Waals surface area contributed by atoms with Crippen molar-refractivity contribution >= 4 is 11.8 Å². The molecular formula is C32H34F4N4O4. The number of aryl methyl sites for hydroxylation is 1. The molecule has 234 valence electrons. The van der Waals surface area contributed by atoms with Gasteiger partial charge in [0.15, 0.2) is 0 Å². The Morgan fingerprint density at radius 2 is 1.61 bits per heavy atom. The number of halogens is 4. The Kier molecular flexibility index (Phi) is 9.68. The van der Waals surface area contributed by atoms with Crippen LogP contribution in [0.4, 0.5) is 17.6 Å². The summed E-state index contributed by atoms with van der Waals surface area (Å²) in [4.78, 5) is 33.6. The number of aromatic nitrogens is 1. The van der Waals surface area contributed by atoms with Gasteiger partial charge in [-0.05, 0) is 55.3 Å². The lowest BCUT2D eigenvalue weighted by Gasteiger charge is -2.35. The van der Waals surface area contributed by atoms with Gasteiger partial charge in [-0.2, -0.15) is 0 Å². The van der Waals surface area contributed by atoms with Gasteiger partial charge < -0.3 is 19.7 Å². The minimum absolute atomic E-state index is 0.0328. The van der Waals surface area contributed by atoms with Crippen molar-refractivity contribution in [3.8, 4) is 11.5 Å². The van der Waals surface area contributed by atoms with Gasteiger partial charge in [-0.3, -0.25) is 19.5 Å². The SMILES string of the molecule is Cc1ccc(OC2CCN(C(=O)c3ccc(C(=O)N[C@@H]4CCN(Cc5ccc(OC(F)(F)F)cc5)C[C@H]4F)nc3)CC2)cc1. The fraction of sp³-hybridized carbons (Fsp3) is 0.406. The van der Waals surface area contributed by atoms with Gasteiger partial charge in [0.1, 0.15) is 29.5 Å². The van der Waals surface area contributed by atoms with Gasteiger partial charge in [-0.25, -0.2) is 4.39 Å². The van der Waals surface area contributed by atoms with Gasteiger partial charge in [0.25, 0.3) is 11.8 Å². The van der Waals surface area contributed by atoms with Crippen LogP contribution in [0.25, 0.3) is 0 Å². The first kappa shape index (κ1) is 31.2. The van der Waals surface area contributed by atoms with Crippen molar-refractivity contribution in [1.29, 1.82) is 0 Å². The van der Waals surface area contributed by atoms with E-state index in [2.05, 4.69) is 15.0 Å². The molecule has 8 nitrogen and oxygen atoms in total. The molecule has 44 heavy (non-hydrogen) atoms. The van der Waals surface area contributed by atoms with Gasteiger partial charge in [-0.15, -0.1) is 13.2 Å². The first-order chi connectivity index (χ1) is 21.0. The highest BCUT2D eigenvalue weighted by molar-refractivity contribution is 5.96. The number of carbonyl (C=O) groups is 2. The predicted octanol–water partition coefficient (Wildman–Crippen LogP) is 5.31. The first-order valence-corrected chi connectivity index (χ1v) is 14.5. The number of amides is 2. The van der Waals surface area contributed by atoms with Gasteiger partial charge in [0, 0.05) is 51.8 Å². The Bertz CT molecular complexity index is 1410. The van der Waals surface area contributed by atoms with Gasteiger partial charge in [-0.1, -0.05) is 29.8 Å². The molecule has 0 unspecified atom stereocenters. The second-order valence-electron chi connectivity index (χ2n) is 11.2. The standard InChI is InChI=1S/C32H34F4N4O4/c1-21-2-7-24(8-3-21)43-25-12-16-40(17-13-25)31(42)23-6-11-29(37-18-23)30(41)38-28-14-15-39(20-27(28)33)19-22-4-9-26(10-5-22)44-32(34,35)36/h2-11,18,25,27-28H,12-17,19-20H2,1H3,(H,38,41)/t27-,28-/m1/s1. The summed E-state index contributed by atoms with van der Waals surface area (Å²) in [5.74, 6) is -0.201. The average Bonchev–Trinajstić information content (AvgIpc) is 3.00. The molecule has 5 rings (SSSR count). The highest BCUT2D eigenvalue weighted by atomic mass is 19.4. The summed E-state index contributed by atoms with van der Waals surface area (Å²) in [5, 5.41) is 2.70. The maximum Gasteiger partial charge on any atom is 0.573 e. The minimum atomic E-state index is -4.76. The Balaban J connectivity index is 1.06. The van der Waals surface area contributed by atoms with Crippen LogP contribution < -0.4 is 14.8 Å². The molecule has 2 aromatic carbocycles. The van der Waals surface area contributed by atoms with Crippen LogP contribution in [0.1, 0.15) is 51.2 Å². The molecule has 12 heteroatoms. The van der Waals surface area contributed by atoms with Crippen molar-refractivity contribution < 1.29 is 36.6 Å². The number of nitrogens with one attached hydrogen (secondary N) is 1. The average molecular weight is 615 g/mol. The van der Waals surface area contributed by atoms with Crippen molar-refractivity contribution in [3.63, 3.8) is 0 Å². The number of likely N-dealkylation sites (tertiary alicyclic amines) is 2. The van der Waals surface area contributed by atoms with E-state index in [1.54, 1.807) is 11.0 Å². The summed E-state index contributed by atoms with van der Waals surface area (Å²) in [5.41, 5.74) is 2.33. The van der Waals surface area contributed by atoms with Crippen molar-refractivity contribution in [2.45, 2.75) is 57.4 Å². The fourth-order valence-electron chi connectivity index (χ4n) is 5.39. The molecular weight excluding hydrogens is 580 g/mol. The molecule has 1 N–H and O–H groups in total. The zero-order valence-electron chi connectivity index (χ0n) is 24.2. The summed E-state index contributed by atoms with van der Waals surface area (Å²) in [6, 6.07) is 15.6. The lowest BCUT2D eigenvalue weighted by atomic mass is 10.0. The first-order valence-electron chi connectivity index (χ1n) is 14.5. The predicted molar refractivity (Wildman–Crippen MR) is 154 cm³/mol. The van der Waals surface area contributed by atoms with Crippen LogP contribution in [-0.4, -0.2) is 77.5 Å². The van der Waals surface area contributed by atoms with E-state index >= 15 is 0 Å². The molecule has 3 heterocycles. The maximum atomic E-state index is 15.0. The highest BCUT2D eigenvalue weighted by Crippen LogP contribution is 2.24. The topological polar surface area (TPSA) is 84.0 Å². The van der Waals surface area contributed by atoms with Crippen LogP contribution in [0.3, 0.4) is 0 Å². The van der Waals surface area contributed by atoms with Crippen LogP contribution in [-0.2, 0) is 6.54 Å². The van der Waals surface area contributed by atoms with E-state index in [0.717, 1.165) is 11.3 Å². The Morgan fingerprint density at radius 1 is 0.932 bits per heavy atom. The third kappa shape index (κ3) is 8.46. The summed E-state index contributed by atoms with van der Waals surface area (Å²) in [6.45, 7) is 4.00. The summed E-state index contributed by atoms with van der Waals surface area (Å²) in [7, 11) is 0. The second-order valence-corrected chi connectivity index (χ2v) is 11.2. The summed E-state index contributed by atoms with van der Waals surface area (Å²) < 4.78 is 62.0. The van der Waals surface area contributed by atoms with E-state index in [-0.39, 0.29) is 30.0 Å². The van der Waals surface area contributed by atoms with Crippen molar-refractivity contribution in [1.82, 2.24) is 20.1 Å². The number of rotatable bonds is 8. The third-order valence-corrected chi connectivity index (χ3v) is 7.80. The second kappa shape index (κ2) is 13.6. The Labute approximate surface area is 253 Å². The van der Waals surface area contributed by atoms with E-state index < -0.39 is 24.5 Å². The fourth-order valence-corrected chi connectivity index (χ4v) is 5.39. The number of alkyl halides is 4. The van der Waals surface area contributed by atoms with Crippen molar-refractivity contribution in [2.24, 2.45) is 0 Å². The monoisotopic (exact) mass is 614 g/mol. The largest absolute Gasteiger partial charge is 0.573 e. The molecule has 2 atom stereocenters. The molecule has 2 amide bonds. The zero-order valence-corrected chi connectivity index (χ0v) is 24.2. The van der Waals surface area contributed by atoms with Crippen molar-refractivity contribution in [2.75, 3.05) is 26.2 Å². The molecule has 1 aromatic heterocycles. The molecule has 2 aliphatic rings. The maximum absolute atomic E-state index is 15.0. The molecule has 0 radical (unpaired) electrons. The number of nitrogens with zero attached hydrogens (tertiary/aromatic N) is 3. The number of carbonyl (C=O) groups excluding carboxylic acids is 2. The lowest BCUT2D eigenvalue weighted by molar-refractivity contribution is -0.274. The van der Waals surface area contributed by atoms with Crippen LogP contribution in [0.15, 0.2) is 66.9 Å². The number of benzene rings is 2. The van der Waals surface area contributed by atoms with Gasteiger partial charge in [0.2, 0.25) is 0 Å². The van der Waals surface area contributed by atoms with E-state index in [1.807, 2.05) is 36.1 Å². The summed E-state index contributed by atoms with van der Waals surface area (Å²) in [6.07, 6.45) is -2.94. The van der Waals surface area contributed by atoms with Gasteiger partial charge in [0.05, 0.1) is 11.6 Å². The minimum Gasteiger partial charge on any atom is -0.490 e. The molecule has 0 aliphatic carbocycles. The molecule has 2 fully saturated rings. The number of hydrogen-bond donors (Lipinski definition) is 1. The quantitative estimate of drug-likeness (QED) is 0.346. The van der Waals surface area contributed by atoms with Crippen LogP contribution in [0, 0.1) is 6.92 Å². The van der Waals surface area contributed by atoms with E-state index in [0.29, 0.717) is 56.6 Å². The molecule has 3 aromatic rings. The van der Waals surface area contributed by atoms with Gasteiger partial charge >= 0.3 is 6.36 Å². The van der Waals surface area contributed by atoms with Crippen LogP contribution in [0.5, 0.6) is 11.5 Å². The van der Waals surface area contributed by atoms with Crippen molar-refractivity contribution in [3.05, 3.63) is 89.2 Å². The number of piperidine rings is 2. The number of ether oxygens (including phenoxy) is 2. The third-order valence-electron chi connectivity index (χ3n) is 7.80. The smallest absolute Gasteiger partial charge is 0.490 e. The summed E-state index contributed by atoms with van der Waals surface area (Å²) >= 11 is 0. The Morgan fingerprint density at radius 3 is 2.23 bits per heavy atom. The lowest BCUT2D eigenvalue weighted by Crippen LogP contribution is -2.52. The van der Waals surface area contributed by atoms with E-state index in [9.17, 15) is 27.2 Å². The van der Waals surface area contributed by atoms with E-state index in [1.165, 1.54) is 36.5 Å². The highest BCUT2D eigenvalue weighted by Gasteiger charge is 2.32. The zero-order chi connectivity index (χ0) is 31.3. The van der Waals surface area contributed by atoms with Crippen LogP contribution >= 0.6 is 0 Å². The normalized spacial score (nSPS) is 19.8. The Hall–Kier alpha value is -4.19. The van der Waals surface area contributed by atoms with Crippen LogP contribution in [0.2, 0.25) is 0 Å². The number of hydrogen-bond acceptors (Lipinski definition) is 6. The number of pyridine rings is 1. The molecule has 2 aliphatic heterocycles.